The number of halogens is 3. The van der Waals surface area contributed by atoms with Gasteiger partial charge in [0.25, 0.3) is 0 Å². The van der Waals surface area contributed by atoms with Crippen LogP contribution in [-0.4, -0.2) is 34.1 Å². The maximum atomic E-state index is 12.3. The van der Waals surface area contributed by atoms with Crippen LogP contribution in [-0.2, 0) is 11.8 Å². The number of carbonyl (C=O) groups excluding carboxylic acids is 1. The van der Waals surface area contributed by atoms with Crippen molar-refractivity contribution in [3.05, 3.63) is 17.5 Å². The largest absolute Gasteiger partial charge is 0.465 e. The first-order valence-corrected chi connectivity index (χ1v) is 4.14. The summed E-state index contributed by atoms with van der Waals surface area (Å²) in [7, 11) is 2.22. The van der Waals surface area contributed by atoms with Crippen LogP contribution in [0.5, 0.6) is 0 Å². The molecule has 0 saturated heterocycles. The number of aromatic nitrogens is 2. The Morgan fingerprint density at radius 1 is 1.62 bits per heavy atom. The van der Waals surface area contributed by atoms with Gasteiger partial charge in [0.15, 0.2) is 6.10 Å². The molecule has 0 amide bonds. The summed E-state index contributed by atoms with van der Waals surface area (Å²) in [4.78, 5) is 11.1. The van der Waals surface area contributed by atoms with E-state index in [9.17, 15) is 18.0 Å². The molecule has 0 radical (unpaired) electrons. The summed E-state index contributed by atoms with van der Waals surface area (Å²) in [5, 5.41) is 12.5. The Morgan fingerprint density at radius 2 is 2.19 bits per heavy atom. The fourth-order valence-electron chi connectivity index (χ4n) is 1.19. The Kier molecular flexibility index (Phi) is 3.22. The molecule has 8 heteroatoms. The molecule has 1 N–H and O–H groups in total. The second kappa shape index (κ2) is 4.12. The lowest BCUT2D eigenvalue weighted by atomic mass is 10.1. The van der Waals surface area contributed by atoms with E-state index in [0.717, 1.165) is 18.0 Å². The maximum Gasteiger partial charge on any atom is 0.420 e. The minimum atomic E-state index is -4.86. The van der Waals surface area contributed by atoms with Crippen molar-refractivity contribution in [1.29, 1.82) is 0 Å². The van der Waals surface area contributed by atoms with E-state index in [0.29, 0.717) is 0 Å². The molecule has 1 unspecified atom stereocenters. The summed E-state index contributed by atoms with van der Waals surface area (Å²) in [5.74, 6) is -0.980. The molecule has 0 aliphatic rings. The Bertz CT molecular complexity index is 400. The van der Waals surface area contributed by atoms with Gasteiger partial charge in [-0.15, -0.1) is 0 Å². The summed E-state index contributed by atoms with van der Waals surface area (Å²) in [6, 6.07) is 0. The van der Waals surface area contributed by atoms with Crippen LogP contribution in [0.2, 0.25) is 0 Å². The molecule has 16 heavy (non-hydrogen) atoms. The molecule has 1 heterocycles. The van der Waals surface area contributed by atoms with Crippen molar-refractivity contribution in [2.75, 3.05) is 7.11 Å². The number of aryl methyl sites for hydroxylation is 1. The number of alkyl halides is 3. The van der Waals surface area contributed by atoms with Gasteiger partial charge in [0.2, 0.25) is 0 Å². The Hall–Kier alpha value is -1.57. The number of aliphatic hydroxyl groups is 1. The fourth-order valence-corrected chi connectivity index (χ4v) is 1.19. The van der Waals surface area contributed by atoms with Crippen molar-refractivity contribution in [1.82, 2.24) is 9.78 Å². The molecule has 1 aromatic heterocycles. The summed E-state index contributed by atoms with van der Waals surface area (Å²) >= 11 is 0. The minimum Gasteiger partial charge on any atom is -0.465 e. The van der Waals surface area contributed by atoms with Crippen LogP contribution in [0.3, 0.4) is 0 Å². The maximum absolute atomic E-state index is 12.3. The van der Waals surface area contributed by atoms with Gasteiger partial charge in [-0.05, 0) is 0 Å². The van der Waals surface area contributed by atoms with Crippen LogP contribution < -0.4 is 0 Å². The fraction of sp³-hybridized carbons (Fsp3) is 0.500. The first kappa shape index (κ1) is 12.5. The minimum absolute atomic E-state index is 0.408. The van der Waals surface area contributed by atoms with Crippen molar-refractivity contribution in [2.24, 2.45) is 7.05 Å². The van der Waals surface area contributed by atoms with Crippen LogP contribution in [0.1, 0.15) is 22.2 Å². The Balaban J connectivity index is 3.22. The average Bonchev–Trinajstić information content (AvgIpc) is 2.56. The van der Waals surface area contributed by atoms with Gasteiger partial charge in [0.05, 0.1) is 19.0 Å². The van der Waals surface area contributed by atoms with E-state index in [4.69, 9.17) is 5.11 Å². The van der Waals surface area contributed by atoms with Crippen molar-refractivity contribution >= 4 is 5.97 Å². The standard InChI is InChI=1S/C8H9F3N2O3/c1-13-5(6(14)8(9,10)11)4(3-12-13)7(15)16-2/h3,6,14H,1-2H3. The van der Waals surface area contributed by atoms with Gasteiger partial charge in [-0.1, -0.05) is 0 Å². The zero-order valence-corrected chi connectivity index (χ0v) is 8.45. The number of esters is 1. The smallest absolute Gasteiger partial charge is 0.420 e. The molecule has 1 rings (SSSR count). The second-order valence-electron chi connectivity index (χ2n) is 3.00. The normalized spacial score (nSPS) is 13.6. The molecule has 90 valence electrons. The van der Waals surface area contributed by atoms with Gasteiger partial charge in [-0.3, -0.25) is 4.68 Å². The van der Waals surface area contributed by atoms with Gasteiger partial charge < -0.3 is 9.84 Å². The molecule has 0 aliphatic carbocycles. The number of aliphatic hydroxyl groups excluding tert-OH is 1. The first-order valence-electron chi connectivity index (χ1n) is 4.14. The average molecular weight is 238 g/mol. The summed E-state index contributed by atoms with van der Waals surface area (Å²) < 4.78 is 42.0. The van der Waals surface area contributed by atoms with Crippen LogP contribution in [0, 0.1) is 0 Å². The van der Waals surface area contributed by atoms with Crippen LogP contribution in [0.4, 0.5) is 13.2 Å². The predicted octanol–water partition coefficient (Wildman–Crippen LogP) is 0.802. The third-order valence-electron chi connectivity index (χ3n) is 1.96. The summed E-state index contributed by atoms with van der Waals surface area (Å²) in [6.45, 7) is 0. The molecule has 1 atom stereocenters. The zero-order valence-electron chi connectivity index (χ0n) is 8.45. The monoisotopic (exact) mass is 238 g/mol. The quantitative estimate of drug-likeness (QED) is 0.774. The SMILES string of the molecule is COC(=O)c1cnn(C)c1C(O)C(F)(F)F. The number of hydrogen-bond donors (Lipinski definition) is 1. The molecule has 0 aromatic carbocycles. The van der Waals surface area contributed by atoms with E-state index in [2.05, 4.69) is 9.84 Å². The summed E-state index contributed by atoms with van der Waals surface area (Å²) in [6.07, 6.45) is -6.72. The molecule has 0 fully saturated rings. The van der Waals surface area contributed by atoms with Crippen molar-refractivity contribution in [3.8, 4) is 0 Å². The molecule has 0 saturated carbocycles. The Morgan fingerprint density at radius 3 is 2.62 bits per heavy atom. The number of methoxy groups -OCH3 is 1. The van der Waals surface area contributed by atoms with E-state index < -0.39 is 29.5 Å². The van der Waals surface area contributed by atoms with E-state index in [-0.39, 0.29) is 0 Å². The first-order chi connectivity index (χ1) is 7.29. The van der Waals surface area contributed by atoms with E-state index >= 15 is 0 Å². The van der Waals surface area contributed by atoms with Gasteiger partial charge in [-0.25, -0.2) is 4.79 Å². The molecular weight excluding hydrogens is 229 g/mol. The van der Waals surface area contributed by atoms with Gasteiger partial charge >= 0.3 is 12.1 Å². The highest BCUT2D eigenvalue weighted by atomic mass is 19.4. The highest BCUT2D eigenvalue weighted by Gasteiger charge is 2.43. The van der Waals surface area contributed by atoms with Crippen molar-refractivity contribution < 1.29 is 27.8 Å². The molecule has 0 aliphatic heterocycles. The molecule has 0 bridgehead atoms. The number of nitrogens with zero attached hydrogens (tertiary/aromatic N) is 2. The van der Waals surface area contributed by atoms with E-state index in [1.165, 1.54) is 7.05 Å². The van der Waals surface area contributed by atoms with Gasteiger partial charge in [0.1, 0.15) is 5.56 Å². The molecule has 5 nitrogen and oxygen atoms in total. The van der Waals surface area contributed by atoms with Crippen molar-refractivity contribution in [2.45, 2.75) is 12.3 Å². The number of hydrogen-bond acceptors (Lipinski definition) is 4. The van der Waals surface area contributed by atoms with E-state index in [1.807, 2.05) is 0 Å². The van der Waals surface area contributed by atoms with Crippen LogP contribution >= 0.6 is 0 Å². The Labute approximate surface area is 88.4 Å². The number of carbonyl (C=O) groups is 1. The van der Waals surface area contributed by atoms with Crippen LogP contribution in [0.15, 0.2) is 6.20 Å². The highest BCUT2D eigenvalue weighted by Crippen LogP contribution is 2.33. The lowest BCUT2D eigenvalue weighted by molar-refractivity contribution is -0.208. The topological polar surface area (TPSA) is 64.3 Å². The van der Waals surface area contributed by atoms with Crippen molar-refractivity contribution in [3.63, 3.8) is 0 Å². The van der Waals surface area contributed by atoms with Gasteiger partial charge in [-0.2, -0.15) is 18.3 Å². The number of rotatable bonds is 2. The highest BCUT2D eigenvalue weighted by molar-refractivity contribution is 5.90. The van der Waals surface area contributed by atoms with Crippen LogP contribution in [0.25, 0.3) is 0 Å². The lowest BCUT2D eigenvalue weighted by Gasteiger charge is -2.15. The molecule has 0 spiro atoms. The molecular formula is C8H9F3N2O3. The number of ether oxygens (including phenoxy) is 1. The second-order valence-corrected chi connectivity index (χ2v) is 3.00. The lowest BCUT2D eigenvalue weighted by Crippen LogP contribution is -2.24. The van der Waals surface area contributed by atoms with E-state index in [1.54, 1.807) is 0 Å². The summed E-state index contributed by atoms with van der Waals surface area (Å²) in [5.41, 5.74) is -1.05. The van der Waals surface area contributed by atoms with Gasteiger partial charge in [0, 0.05) is 7.05 Å². The molecule has 1 aromatic rings. The predicted molar refractivity (Wildman–Crippen MR) is 45.6 cm³/mol. The third kappa shape index (κ3) is 2.16. The zero-order chi connectivity index (χ0) is 12.5. The third-order valence-corrected chi connectivity index (χ3v) is 1.96.